The molecule has 8 nitrogen and oxygen atoms in total. The van der Waals surface area contributed by atoms with Gasteiger partial charge in [-0.3, -0.25) is 9.78 Å². The number of methoxy groups -OCH3 is 1. The molecule has 0 aliphatic carbocycles. The molecule has 1 aliphatic heterocycles. The van der Waals surface area contributed by atoms with Gasteiger partial charge in [0.1, 0.15) is 17.4 Å². The van der Waals surface area contributed by atoms with Crippen LogP contribution in [0, 0.1) is 18.3 Å². The van der Waals surface area contributed by atoms with Crippen molar-refractivity contribution in [2.75, 3.05) is 7.11 Å². The molecule has 0 unspecified atom stereocenters. The highest BCUT2D eigenvalue weighted by atomic mass is 16.5. The van der Waals surface area contributed by atoms with Crippen LogP contribution in [0.3, 0.4) is 0 Å². The molecule has 0 spiro atoms. The minimum atomic E-state index is -0.767. The highest BCUT2D eigenvalue weighted by molar-refractivity contribution is 5.57. The smallest absolute Gasteiger partial charge is 0.259 e. The van der Waals surface area contributed by atoms with E-state index in [0.29, 0.717) is 29.1 Å². The van der Waals surface area contributed by atoms with Crippen LogP contribution in [0.2, 0.25) is 0 Å². The topological polar surface area (TPSA) is 123 Å². The van der Waals surface area contributed by atoms with Crippen LogP contribution in [-0.2, 0) is 6.54 Å². The van der Waals surface area contributed by atoms with Crippen LogP contribution in [0.1, 0.15) is 28.3 Å². The Balaban J connectivity index is 1.94. The number of phenolic OH excluding ortho intramolecular Hbond substituents is 1. The normalized spacial score (nSPS) is 15.1. The largest absolute Gasteiger partial charge is 0.504 e. The number of rotatable bonds is 4. The molecule has 3 aromatic rings. The van der Waals surface area contributed by atoms with Crippen LogP contribution in [0.25, 0.3) is 0 Å². The first-order valence-electron chi connectivity index (χ1n) is 9.52. The molecule has 2 aromatic heterocycles. The number of pyridine rings is 2. The molecule has 4 rings (SSSR count). The molecule has 0 bridgehead atoms. The van der Waals surface area contributed by atoms with Gasteiger partial charge in [0.2, 0.25) is 5.88 Å². The fourth-order valence-corrected chi connectivity index (χ4v) is 3.76. The number of fused-ring (bicyclic) bond motifs is 1. The molecule has 0 saturated heterocycles. The number of allylic oxidation sites excluding steroid dienone is 1. The highest BCUT2D eigenvalue weighted by Gasteiger charge is 2.34. The van der Waals surface area contributed by atoms with Crippen molar-refractivity contribution in [2.45, 2.75) is 19.4 Å². The molecule has 1 aliphatic rings. The molecule has 156 valence electrons. The zero-order valence-corrected chi connectivity index (χ0v) is 17.0. The zero-order chi connectivity index (χ0) is 22.1. The third-order valence-corrected chi connectivity index (χ3v) is 5.29. The maximum absolute atomic E-state index is 13.6. The number of phenols is 1. The SMILES string of the molecule is COc1cc([C@H]2C(C#N)=C(N)Oc3cc(C)n(Cc4cccnc4)c(=O)c32)ccc1O. The molecule has 3 N–H and O–H groups in total. The van der Waals surface area contributed by atoms with E-state index in [9.17, 15) is 15.2 Å². The number of aryl methyl sites for hydroxylation is 1. The Morgan fingerprint density at radius 3 is 2.84 bits per heavy atom. The molecule has 0 radical (unpaired) electrons. The van der Waals surface area contributed by atoms with Crippen LogP contribution < -0.4 is 20.8 Å². The summed E-state index contributed by atoms with van der Waals surface area (Å²) in [6.07, 6.45) is 3.36. The van der Waals surface area contributed by atoms with E-state index in [0.717, 1.165) is 5.56 Å². The molecular formula is C23H20N4O4. The number of ether oxygens (including phenoxy) is 2. The Morgan fingerprint density at radius 1 is 1.35 bits per heavy atom. The predicted molar refractivity (Wildman–Crippen MR) is 113 cm³/mol. The van der Waals surface area contributed by atoms with Gasteiger partial charge in [0.25, 0.3) is 5.56 Å². The monoisotopic (exact) mass is 416 g/mol. The Morgan fingerprint density at radius 2 is 2.16 bits per heavy atom. The van der Waals surface area contributed by atoms with Gasteiger partial charge in [-0.1, -0.05) is 12.1 Å². The molecule has 1 aromatic carbocycles. The maximum Gasteiger partial charge on any atom is 0.259 e. The molecule has 31 heavy (non-hydrogen) atoms. The number of hydrogen-bond acceptors (Lipinski definition) is 7. The first-order valence-corrected chi connectivity index (χ1v) is 9.52. The van der Waals surface area contributed by atoms with Gasteiger partial charge in [0.05, 0.1) is 25.1 Å². The van der Waals surface area contributed by atoms with E-state index in [-0.39, 0.29) is 28.5 Å². The number of nitriles is 1. The lowest BCUT2D eigenvalue weighted by Crippen LogP contribution is -2.33. The molecule has 3 heterocycles. The van der Waals surface area contributed by atoms with Gasteiger partial charge >= 0.3 is 0 Å². The van der Waals surface area contributed by atoms with Crippen LogP contribution in [0.4, 0.5) is 0 Å². The standard InChI is InChI=1S/C23H20N4O4/c1-13-8-19-21(23(29)27(13)12-14-4-3-7-26-11-14)20(16(10-24)22(25)31-19)15-5-6-17(28)18(9-15)30-2/h3-9,11,20,28H,12,25H2,1-2H3/t20-/m0/s1. The van der Waals surface area contributed by atoms with Crippen molar-refractivity contribution in [3.63, 3.8) is 0 Å². The third-order valence-electron chi connectivity index (χ3n) is 5.29. The van der Waals surface area contributed by atoms with E-state index < -0.39 is 5.92 Å². The van der Waals surface area contributed by atoms with Crippen molar-refractivity contribution < 1.29 is 14.6 Å². The second kappa shape index (κ2) is 7.88. The summed E-state index contributed by atoms with van der Waals surface area (Å²) in [5.41, 5.74) is 8.28. The Bertz CT molecular complexity index is 1290. The summed E-state index contributed by atoms with van der Waals surface area (Å²) in [5, 5.41) is 19.8. The molecular weight excluding hydrogens is 396 g/mol. The maximum atomic E-state index is 13.6. The third kappa shape index (κ3) is 3.46. The van der Waals surface area contributed by atoms with E-state index in [1.165, 1.54) is 13.2 Å². The van der Waals surface area contributed by atoms with Crippen LogP contribution in [0.15, 0.2) is 65.0 Å². The Kier molecular flexibility index (Phi) is 5.09. The van der Waals surface area contributed by atoms with Gasteiger partial charge < -0.3 is 24.9 Å². The van der Waals surface area contributed by atoms with E-state index in [4.69, 9.17) is 15.2 Å². The van der Waals surface area contributed by atoms with Crippen molar-refractivity contribution in [2.24, 2.45) is 5.73 Å². The summed E-state index contributed by atoms with van der Waals surface area (Å²) in [4.78, 5) is 17.7. The van der Waals surface area contributed by atoms with E-state index in [1.807, 2.05) is 6.07 Å². The fraction of sp³-hybridized carbons (Fsp3) is 0.174. The molecule has 0 saturated carbocycles. The van der Waals surface area contributed by atoms with Gasteiger partial charge in [-0.15, -0.1) is 0 Å². The second-order valence-corrected chi connectivity index (χ2v) is 7.17. The van der Waals surface area contributed by atoms with Gasteiger partial charge in [-0.2, -0.15) is 5.26 Å². The van der Waals surface area contributed by atoms with E-state index in [2.05, 4.69) is 11.1 Å². The van der Waals surface area contributed by atoms with Crippen LogP contribution in [-0.4, -0.2) is 21.8 Å². The number of benzene rings is 1. The van der Waals surface area contributed by atoms with Crippen LogP contribution in [0.5, 0.6) is 17.2 Å². The fourth-order valence-electron chi connectivity index (χ4n) is 3.76. The lowest BCUT2D eigenvalue weighted by molar-refractivity contribution is 0.372. The summed E-state index contributed by atoms with van der Waals surface area (Å²) >= 11 is 0. The molecule has 0 amide bonds. The quantitative estimate of drug-likeness (QED) is 0.670. The average molecular weight is 416 g/mol. The summed E-state index contributed by atoms with van der Waals surface area (Å²) in [5.74, 6) is -0.345. The number of aromatic hydroxyl groups is 1. The van der Waals surface area contributed by atoms with Crippen molar-refractivity contribution in [3.05, 3.63) is 93.0 Å². The Hall–Kier alpha value is -4.25. The summed E-state index contributed by atoms with van der Waals surface area (Å²) in [6.45, 7) is 2.12. The number of nitrogens with zero attached hydrogens (tertiary/aromatic N) is 3. The minimum Gasteiger partial charge on any atom is -0.504 e. The Labute approximate surface area is 178 Å². The van der Waals surface area contributed by atoms with Gasteiger partial charge in [-0.25, -0.2) is 0 Å². The second-order valence-electron chi connectivity index (χ2n) is 7.17. The zero-order valence-electron chi connectivity index (χ0n) is 17.0. The lowest BCUT2D eigenvalue weighted by Gasteiger charge is -2.27. The minimum absolute atomic E-state index is 0.0492. The molecule has 8 heteroatoms. The van der Waals surface area contributed by atoms with E-state index >= 15 is 0 Å². The number of hydrogen-bond donors (Lipinski definition) is 2. The predicted octanol–water partition coefficient (Wildman–Crippen LogP) is 2.53. The van der Waals surface area contributed by atoms with Gasteiger partial charge in [0, 0.05) is 24.2 Å². The number of nitrogens with two attached hydrogens (primary N) is 1. The van der Waals surface area contributed by atoms with Crippen molar-refractivity contribution in [3.8, 4) is 23.3 Å². The first kappa shape index (κ1) is 20.0. The highest BCUT2D eigenvalue weighted by Crippen LogP contribution is 2.42. The van der Waals surface area contributed by atoms with Gasteiger partial charge in [0.15, 0.2) is 11.5 Å². The number of aromatic nitrogens is 2. The van der Waals surface area contributed by atoms with E-state index in [1.54, 1.807) is 48.1 Å². The lowest BCUT2D eigenvalue weighted by atomic mass is 9.84. The van der Waals surface area contributed by atoms with Crippen LogP contribution >= 0.6 is 0 Å². The molecule has 1 atom stereocenters. The summed E-state index contributed by atoms with van der Waals surface area (Å²) < 4.78 is 12.5. The average Bonchev–Trinajstić information content (AvgIpc) is 2.77. The van der Waals surface area contributed by atoms with Crippen molar-refractivity contribution >= 4 is 0 Å². The van der Waals surface area contributed by atoms with Crippen molar-refractivity contribution in [1.29, 1.82) is 5.26 Å². The van der Waals surface area contributed by atoms with Gasteiger partial charge in [-0.05, 0) is 36.2 Å². The summed E-state index contributed by atoms with van der Waals surface area (Å²) in [7, 11) is 1.43. The van der Waals surface area contributed by atoms with Crippen molar-refractivity contribution in [1.82, 2.24) is 9.55 Å². The first-order chi connectivity index (χ1) is 14.9. The summed E-state index contributed by atoms with van der Waals surface area (Å²) in [6, 6.07) is 12.2. The molecule has 0 fully saturated rings.